The average molecular weight is 345 g/mol. The van der Waals surface area contributed by atoms with Crippen molar-refractivity contribution in [1.29, 1.82) is 0 Å². The number of carbonyl (C=O) groups excluding carboxylic acids is 2. The molecule has 134 valence electrons. The van der Waals surface area contributed by atoms with Crippen LogP contribution in [0.25, 0.3) is 0 Å². The fraction of sp³-hybridized carbons (Fsp3) is 0.647. The Kier molecular flexibility index (Phi) is 4.19. The lowest BCUT2D eigenvalue weighted by Crippen LogP contribution is -2.53. The van der Waals surface area contributed by atoms with Crippen LogP contribution in [0.3, 0.4) is 0 Å². The SMILES string of the molecule is O=C(c1cc(=O)[nH]c(C2CC2)n1)N1CCN(C(=O)N2CCCC2)CC1. The minimum Gasteiger partial charge on any atom is -0.334 e. The molecule has 4 rings (SSSR count). The highest BCUT2D eigenvalue weighted by molar-refractivity contribution is 5.92. The fourth-order valence-corrected chi connectivity index (χ4v) is 3.51. The number of H-pyrrole nitrogens is 1. The maximum Gasteiger partial charge on any atom is 0.320 e. The summed E-state index contributed by atoms with van der Waals surface area (Å²) in [4.78, 5) is 49.3. The predicted octanol–water partition coefficient (Wildman–Crippen LogP) is 0.621. The van der Waals surface area contributed by atoms with Crippen LogP contribution in [0.5, 0.6) is 0 Å². The Hall–Kier alpha value is -2.38. The molecule has 8 nitrogen and oxygen atoms in total. The normalized spacial score (nSPS) is 20.9. The van der Waals surface area contributed by atoms with E-state index in [4.69, 9.17) is 0 Å². The summed E-state index contributed by atoms with van der Waals surface area (Å²) in [6.45, 7) is 3.67. The van der Waals surface area contributed by atoms with E-state index in [0.717, 1.165) is 38.8 Å². The third-order valence-electron chi connectivity index (χ3n) is 5.16. The molecule has 1 aliphatic carbocycles. The van der Waals surface area contributed by atoms with Crippen LogP contribution in [0.1, 0.15) is 47.9 Å². The molecular formula is C17H23N5O3. The third kappa shape index (κ3) is 3.38. The topological polar surface area (TPSA) is 89.6 Å². The number of amides is 3. The highest BCUT2D eigenvalue weighted by Crippen LogP contribution is 2.37. The second kappa shape index (κ2) is 6.50. The van der Waals surface area contributed by atoms with Gasteiger partial charge in [-0.05, 0) is 25.7 Å². The Morgan fingerprint density at radius 1 is 0.960 bits per heavy atom. The summed E-state index contributed by atoms with van der Waals surface area (Å²) in [6.07, 6.45) is 4.17. The Balaban J connectivity index is 1.39. The van der Waals surface area contributed by atoms with Crippen molar-refractivity contribution in [2.45, 2.75) is 31.6 Å². The summed E-state index contributed by atoms with van der Waals surface area (Å²) in [7, 11) is 0. The zero-order valence-corrected chi connectivity index (χ0v) is 14.2. The van der Waals surface area contributed by atoms with Gasteiger partial charge in [0, 0.05) is 51.3 Å². The summed E-state index contributed by atoms with van der Waals surface area (Å²) in [5.41, 5.74) is -0.0620. The molecule has 0 bridgehead atoms. The molecule has 0 atom stereocenters. The van der Waals surface area contributed by atoms with Gasteiger partial charge in [0.2, 0.25) is 0 Å². The number of aromatic amines is 1. The van der Waals surface area contributed by atoms with E-state index in [9.17, 15) is 14.4 Å². The van der Waals surface area contributed by atoms with Crippen LogP contribution < -0.4 is 5.56 Å². The van der Waals surface area contributed by atoms with Crippen LogP contribution in [-0.2, 0) is 0 Å². The van der Waals surface area contributed by atoms with Gasteiger partial charge < -0.3 is 19.7 Å². The van der Waals surface area contributed by atoms with Gasteiger partial charge >= 0.3 is 6.03 Å². The van der Waals surface area contributed by atoms with Crippen LogP contribution in [0.4, 0.5) is 4.79 Å². The summed E-state index contributed by atoms with van der Waals surface area (Å²) < 4.78 is 0. The number of urea groups is 1. The van der Waals surface area contributed by atoms with Gasteiger partial charge in [0.05, 0.1) is 0 Å². The molecule has 1 aromatic rings. The Bertz CT molecular complexity index is 728. The molecule has 3 fully saturated rings. The van der Waals surface area contributed by atoms with Crippen LogP contribution in [0.2, 0.25) is 0 Å². The van der Waals surface area contributed by atoms with E-state index >= 15 is 0 Å². The highest BCUT2D eigenvalue weighted by atomic mass is 16.2. The van der Waals surface area contributed by atoms with Gasteiger partial charge in [0.15, 0.2) is 0 Å². The molecule has 3 heterocycles. The standard InChI is InChI=1S/C17H23N5O3/c23-14-11-13(18-15(19-14)12-3-4-12)16(24)20-7-9-22(10-8-20)17(25)21-5-1-2-6-21/h11-12H,1-10H2,(H,18,19,23). The van der Waals surface area contributed by atoms with Crippen molar-refractivity contribution in [3.05, 3.63) is 27.9 Å². The van der Waals surface area contributed by atoms with E-state index in [0.29, 0.717) is 32.0 Å². The summed E-state index contributed by atoms with van der Waals surface area (Å²) in [5, 5.41) is 0. The zero-order valence-electron chi connectivity index (χ0n) is 14.2. The van der Waals surface area contributed by atoms with E-state index in [1.807, 2.05) is 9.80 Å². The molecular weight excluding hydrogens is 322 g/mol. The maximum atomic E-state index is 12.7. The van der Waals surface area contributed by atoms with Crippen molar-refractivity contribution in [1.82, 2.24) is 24.7 Å². The number of rotatable bonds is 2. The first kappa shape index (κ1) is 16.1. The molecule has 1 aromatic heterocycles. The van der Waals surface area contributed by atoms with Gasteiger partial charge in [-0.15, -0.1) is 0 Å². The highest BCUT2D eigenvalue weighted by Gasteiger charge is 2.31. The number of carbonyl (C=O) groups is 2. The van der Waals surface area contributed by atoms with E-state index in [2.05, 4.69) is 9.97 Å². The van der Waals surface area contributed by atoms with Crippen LogP contribution in [-0.4, -0.2) is 75.9 Å². The molecule has 0 aromatic carbocycles. The van der Waals surface area contributed by atoms with E-state index in [1.54, 1.807) is 4.90 Å². The molecule has 0 radical (unpaired) electrons. The molecule has 3 aliphatic rings. The van der Waals surface area contributed by atoms with Gasteiger partial charge in [0.25, 0.3) is 11.5 Å². The van der Waals surface area contributed by atoms with E-state index in [-0.39, 0.29) is 29.1 Å². The van der Waals surface area contributed by atoms with Crippen molar-refractivity contribution in [2.24, 2.45) is 0 Å². The lowest BCUT2D eigenvalue weighted by atomic mass is 10.2. The van der Waals surface area contributed by atoms with Crippen molar-refractivity contribution in [2.75, 3.05) is 39.3 Å². The first-order chi connectivity index (χ1) is 12.1. The number of hydrogen-bond acceptors (Lipinski definition) is 4. The van der Waals surface area contributed by atoms with E-state index < -0.39 is 0 Å². The fourth-order valence-electron chi connectivity index (χ4n) is 3.51. The summed E-state index contributed by atoms with van der Waals surface area (Å²) in [6, 6.07) is 1.35. The third-order valence-corrected chi connectivity index (χ3v) is 5.16. The molecule has 0 unspecified atom stereocenters. The predicted molar refractivity (Wildman–Crippen MR) is 90.5 cm³/mol. The molecule has 0 spiro atoms. The van der Waals surface area contributed by atoms with Gasteiger partial charge in [-0.3, -0.25) is 9.59 Å². The Morgan fingerprint density at radius 2 is 1.56 bits per heavy atom. The van der Waals surface area contributed by atoms with E-state index in [1.165, 1.54) is 6.07 Å². The lowest BCUT2D eigenvalue weighted by molar-refractivity contribution is 0.0638. The number of nitrogens with one attached hydrogen (secondary N) is 1. The molecule has 1 N–H and O–H groups in total. The number of nitrogens with zero attached hydrogens (tertiary/aromatic N) is 4. The van der Waals surface area contributed by atoms with Gasteiger partial charge in [0.1, 0.15) is 11.5 Å². The molecule has 25 heavy (non-hydrogen) atoms. The summed E-state index contributed by atoms with van der Waals surface area (Å²) in [5.74, 6) is 0.690. The van der Waals surface area contributed by atoms with Crippen molar-refractivity contribution in [3.63, 3.8) is 0 Å². The quantitative estimate of drug-likeness (QED) is 0.851. The van der Waals surface area contributed by atoms with Gasteiger partial charge in [-0.25, -0.2) is 9.78 Å². The smallest absolute Gasteiger partial charge is 0.320 e. The first-order valence-corrected chi connectivity index (χ1v) is 9.06. The average Bonchev–Trinajstić information content (AvgIpc) is 3.35. The number of hydrogen-bond donors (Lipinski definition) is 1. The Labute approximate surface area is 145 Å². The van der Waals surface area contributed by atoms with Crippen molar-refractivity contribution < 1.29 is 9.59 Å². The second-order valence-electron chi connectivity index (χ2n) is 7.05. The zero-order chi connectivity index (χ0) is 17.4. The molecule has 8 heteroatoms. The Morgan fingerprint density at radius 3 is 2.20 bits per heavy atom. The lowest BCUT2D eigenvalue weighted by Gasteiger charge is -2.36. The first-order valence-electron chi connectivity index (χ1n) is 9.06. The number of piperazine rings is 1. The molecule has 2 aliphatic heterocycles. The van der Waals surface area contributed by atoms with Crippen molar-refractivity contribution >= 4 is 11.9 Å². The van der Waals surface area contributed by atoms with Crippen LogP contribution in [0, 0.1) is 0 Å². The molecule has 1 saturated carbocycles. The molecule has 3 amide bonds. The minimum absolute atomic E-state index is 0.0786. The second-order valence-corrected chi connectivity index (χ2v) is 7.05. The van der Waals surface area contributed by atoms with Crippen LogP contribution in [0.15, 0.2) is 10.9 Å². The minimum atomic E-state index is -0.275. The number of likely N-dealkylation sites (tertiary alicyclic amines) is 1. The van der Waals surface area contributed by atoms with Gasteiger partial charge in [-0.2, -0.15) is 0 Å². The van der Waals surface area contributed by atoms with Crippen LogP contribution >= 0.6 is 0 Å². The largest absolute Gasteiger partial charge is 0.334 e. The number of aromatic nitrogens is 2. The van der Waals surface area contributed by atoms with Crippen molar-refractivity contribution in [3.8, 4) is 0 Å². The molecule has 2 saturated heterocycles. The maximum absolute atomic E-state index is 12.7. The summed E-state index contributed by atoms with van der Waals surface area (Å²) >= 11 is 0. The monoisotopic (exact) mass is 345 g/mol. The van der Waals surface area contributed by atoms with Gasteiger partial charge in [-0.1, -0.05) is 0 Å².